The van der Waals surface area contributed by atoms with E-state index < -0.39 is 5.82 Å². The molecule has 0 aliphatic carbocycles. The van der Waals surface area contributed by atoms with Gasteiger partial charge in [-0.2, -0.15) is 0 Å². The van der Waals surface area contributed by atoms with Gasteiger partial charge in [0.25, 0.3) is 5.91 Å². The average Bonchev–Trinajstić information content (AvgIpc) is 2.60. The Kier molecular flexibility index (Phi) is 5.35. The third kappa shape index (κ3) is 3.99. The van der Waals surface area contributed by atoms with Gasteiger partial charge in [0.15, 0.2) is 0 Å². The van der Waals surface area contributed by atoms with Crippen molar-refractivity contribution in [2.24, 2.45) is 0 Å². The summed E-state index contributed by atoms with van der Waals surface area (Å²) in [6, 6.07) is 8.89. The fraction of sp³-hybridized carbons (Fsp3) is 0.316. The van der Waals surface area contributed by atoms with Crippen LogP contribution in [0.15, 0.2) is 36.4 Å². The van der Waals surface area contributed by atoms with Crippen molar-refractivity contribution < 1.29 is 13.6 Å². The third-order valence-corrected chi connectivity index (χ3v) is 4.89. The number of rotatable bonds is 3. The second-order valence-electron chi connectivity index (χ2n) is 6.23. The topological polar surface area (TPSA) is 23.6 Å². The molecular formula is C19H19ClF2N2O. The summed E-state index contributed by atoms with van der Waals surface area (Å²) in [5.41, 5.74) is 1.63. The van der Waals surface area contributed by atoms with Gasteiger partial charge in [-0.1, -0.05) is 23.7 Å². The zero-order valence-corrected chi connectivity index (χ0v) is 14.7. The number of nitrogens with zero attached hydrogens (tertiary/aromatic N) is 2. The first kappa shape index (κ1) is 17.8. The SMILES string of the molecule is Cc1ccc(F)cc1C(=O)N1CCN(Cc2c(F)cccc2Cl)CC1. The zero-order chi connectivity index (χ0) is 18.0. The van der Waals surface area contributed by atoms with Crippen LogP contribution < -0.4 is 0 Å². The molecule has 1 aliphatic heterocycles. The van der Waals surface area contributed by atoms with E-state index in [2.05, 4.69) is 4.90 Å². The van der Waals surface area contributed by atoms with Gasteiger partial charge in [-0.15, -0.1) is 0 Å². The minimum atomic E-state index is -0.415. The standard InChI is InChI=1S/C19H19ClF2N2O/c1-13-5-6-14(21)11-15(13)19(25)24-9-7-23(8-10-24)12-16-17(20)3-2-4-18(16)22/h2-6,11H,7-10,12H2,1H3. The van der Waals surface area contributed by atoms with Gasteiger partial charge in [-0.25, -0.2) is 8.78 Å². The lowest BCUT2D eigenvalue weighted by atomic mass is 10.1. The molecule has 1 heterocycles. The Bertz CT molecular complexity index is 769. The molecule has 6 heteroatoms. The molecule has 25 heavy (non-hydrogen) atoms. The average molecular weight is 365 g/mol. The second kappa shape index (κ2) is 7.50. The Morgan fingerprint density at radius 2 is 1.84 bits per heavy atom. The number of hydrogen-bond donors (Lipinski definition) is 0. The van der Waals surface area contributed by atoms with Gasteiger partial charge in [0.2, 0.25) is 0 Å². The number of halogens is 3. The Morgan fingerprint density at radius 1 is 1.12 bits per heavy atom. The van der Waals surface area contributed by atoms with Crippen LogP contribution in [0.1, 0.15) is 21.5 Å². The number of hydrogen-bond acceptors (Lipinski definition) is 2. The van der Waals surface area contributed by atoms with E-state index in [0.717, 1.165) is 5.56 Å². The van der Waals surface area contributed by atoms with Crippen molar-refractivity contribution in [3.8, 4) is 0 Å². The third-order valence-electron chi connectivity index (χ3n) is 4.53. The van der Waals surface area contributed by atoms with E-state index in [4.69, 9.17) is 11.6 Å². The minimum Gasteiger partial charge on any atom is -0.336 e. The van der Waals surface area contributed by atoms with Gasteiger partial charge in [0, 0.05) is 48.9 Å². The van der Waals surface area contributed by atoms with E-state index in [1.54, 1.807) is 30.0 Å². The van der Waals surface area contributed by atoms with E-state index >= 15 is 0 Å². The highest BCUT2D eigenvalue weighted by Gasteiger charge is 2.24. The Morgan fingerprint density at radius 3 is 2.52 bits per heavy atom. The molecule has 0 radical (unpaired) electrons. The summed E-state index contributed by atoms with van der Waals surface area (Å²) >= 11 is 6.07. The highest BCUT2D eigenvalue weighted by molar-refractivity contribution is 6.31. The number of aryl methyl sites for hydroxylation is 1. The molecule has 2 aromatic carbocycles. The van der Waals surface area contributed by atoms with E-state index in [1.807, 2.05) is 0 Å². The fourth-order valence-electron chi connectivity index (χ4n) is 3.01. The van der Waals surface area contributed by atoms with Crippen LogP contribution in [0.4, 0.5) is 8.78 Å². The molecule has 0 bridgehead atoms. The highest BCUT2D eigenvalue weighted by Crippen LogP contribution is 2.22. The van der Waals surface area contributed by atoms with Gasteiger partial charge >= 0.3 is 0 Å². The van der Waals surface area contributed by atoms with Crippen LogP contribution in [0, 0.1) is 18.6 Å². The Labute approximate surface area is 150 Å². The van der Waals surface area contributed by atoms with Crippen LogP contribution in [0.5, 0.6) is 0 Å². The summed E-state index contributed by atoms with van der Waals surface area (Å²) in [4.78, 5) is 16.4. The maximum absolute atomic E-state index is 13.9. The summed E-state index contributed by atoms with van der Waals surface area (Å²) in [6.45, 7) is 4.47. The molecule has 0 atom stereocenters. The number of carbonyl (C=O) groups excluding carboxylic acids is 1. The van der Waals surface area contributed by atoms with Crippen LogP contribution >= 0.6 is 11.6 Å². The molecule has 3 nitrogen and oxygen atoms in total. The number of benzene rings is 2. The molecule has 0 N–H and O–H groups in total. The van der Waals surface area contributed by atoms with Crippen molar-refractivity contribution in [1.29, 1.82) is 0 Å². The van der Waals surface area contributed by atoms with Gasteiger partial charge in [-0.3, -0.25) is 9.69 Å². The van der Waals surface area contributed by atoms with Gasteiger partial charge < -0.3 is 4.90 Å². The van der Waals surface area contributed by atoms with Crippen LogP contribution in [-0.4, -0.2) is 41.9 Å². The predicted octanol–water partition coefficient (Wildman–Crippen LogP) is 3.88. The summed E-state index contributed by atoms with van der Waals surface area (Å²) in [5.74, 6) is -0.899. The molecule has 3 rings (SSSR count). The lowest BCUT2D eigenvalue weighted by Crippen LogP contribution is -2.48. The molecule has 0 saturated carbocycles. The molecule has 1 saturated heterocycles. The lowest BCUT2D eigenvalue weighted by molar-refractivity contribution is 0.0626. The van der Waals surface area contributed by atoms with Crippen LogP contribution in [0.25, 0.3) is 0 Å². The number of piperazine rings is 1. The Balaban J connectivity index is 1.64. The van der Waals surface area contributed by atoms with E-state index in [1.165, 1.54) is 18.2 Å². The molecule has 1 aliphatic rings. The number of carbonyl (C=O) groups is 1. The predicted molar refractivity (Wildman–Crippen MR) is 93.7 cm³/mol. The molecule has 2 aromatic rings. The van der Waals surface area contributed by atoms with E-state index in [0.29, 0.717) is 48.9 Å². The molecule has 1 fully saturated rings. The van der Waals surface area contributed by atoms with E-state index in [-0.39, 0.29) is 11.7 Å². The van der Waals surface area contributed by atoms with Crippen molar-refractivity contribution in [2.45, 2.75) is 13.5 Å². The maximum Gasteiger partial charge on any atom is 0.254 e. The van der Waals surface area contributed by atoms with Gasteiger partial charge in [-0.05, 0) is 36.8 Å². The first-order valence-electron chi connectivity index (χ1n) is 8.16. The molecule has 0 aromatic heterocycles. The quantitative estimate of drug-likeness (QED) is 0.825. The zero-order valence-electron chi connectivity index (χ0n) is 13.9. The fourth-order valence-corrected chi connectivity index (χ4v) is 3.23. The number of amides is 1. The largest absolute Gasteiger partial charge is 0.336 e. The maximum atomic E-state index is 13.9. The van der Waals surface area contributed by atoms with Crippen molar-refractivity contribution in [3.63, 3.8) is 0 Å². The highest BCUT2D eigenvalue weighted by atomic mass is 35.5. The van der Waals surface area contributed by atoms with Crippen molar-refractivity contribution in [1.82, 2.24) is 9.80 Å². The smallest absolute Gasteiger partial charge is 0.254 e. The van der Waals surface area contributed by atoms with Crippen molar-refractivity contribution in [2.75, 3.05) is 26.2 Å². The van der Waals surface area contributed by atoms with Crippen molar-refractivity contribution in [3.05, 3.63) is 69.7 Å². The monoisotopic (exact) mass is 364 g/mol. The Hall–Kier alpha value is -1.98. The normalized spacial score (nSPS) is 15.4. The van der Waals surface area contributed by atoms with Crippen molar-refractivity contribution >= 4 is 17.5 Å². The van der Waals surface area contributed by atoms with Gasteiger partial charge in [0.05, 0.1) is 0 Å². The summed E-state index contributed by atoms with van der Waals surface area (Å²) in [6.07, 6.45) is 0. The van der Waals surface area contributed by atoms with Crippen LogP contribution in [-0.2, 0) is 6.54 Å². The lowest BCUT2D eigenvalue weighted by Gasteiger charge is -2.35. The first-order valence-corrected chi connectivity index (χ1v) is 8.54. The first-order chi connectivity index (χ1) is 12.0. The van der Waals surface area contributed by atoms with Gasteiger partial charge in [0.1, 0.15) is 11.6 Å². The minimum absolute atomic E-state index is 0.166. The summed E-state index contributed by atoms with van der Waals surface area (Å²) < 4.78 is 27.3. The summed E-state index contributed by atoms with van der Waals surface area (Å²) in [7, 11) is 0. The molecule has 132 valence electrons. The van der Waals surface area contributed by atoms with E-state index in [9.17, 15) is 13.6 Å². The molecule has 0 spiro atoms. The molecule has 1 amide bonds. The summed E-state index contributed by atoms with van der Waals surface area (Å²) in [5, 5.41) is 0.411. The second-order valence-corrected chi connectivity index (χ2v) is 6.64. The van der Waals surface area contributed by atoms with Crippen LogP contribution in [0.2, 0.25) is 5.02 Å². The molecular weight excluding hydrogens is 346 g/mol. The van der Waals surface area contributed by atoms with Crippen LogP contribution in [0.3, 0.4) is 0 Å². The molecule has 0 unspecified atom stereocenters.